The number of amides is 1. The number of carbonyl (C=O) groups is 2. The van der Waals surface area contributed by atoms with E-state index in [2.05, 4.69) is 19.2 Å². The summed E-state index contributed by atoms with van der Waals surface area (Å²) < 4.78 is 5.48. The maximum absolute atomic E-state index is 12.4. The fraction of sp³-hybridized carbons (Fsp3) is 0.939. The minimum Gasteiger partial charge on any atom is -0.466 e. The molecule has 0 aliphatic carbocycles. The van der Waals surface area contributed by atoms with Gasteiger partial charge in [-0.15, -0.1) is 0 Å². The van der Waals surface area contributed by atoms with Crippen molar-refractivity contribution in [3.05, 3.63) is 12.2 Å². The first-order chi connectivity index (χ1) is 35.5. The van der Waals surface area contributed by atoms with Gasteiger partial charge in [-0.25, -0.2) is 0 Å². The van der Waals surface area contributed by atoms with Gasteiger partial charge in [-0.05, 0) is 32.1 Å². The van der Waals surface area contributed by atoms with Crippen LogP contribution in [-0.2, 0) is 14.3 Å². The lowest BCUT2D eigenvalue weighted by Crippen LogP contribution is -2.45. The molecule has 0 saturated carbocycles. The summed E-state index contributed by atoms with van der Waals surface area (Å²) in [6.07, 6.45) is 75.8. The Morgan fingerprint density at radius 1 is 0.375 bits per heavy atom. The van der Waals surface area contributed by atoms with Gasteiger partial charge in [0.05, 0.1) is 25.4 Å². The van der Waals surface area contributed by atoms with Crippen LogP contribution in [0.25, 0.3) is 0 Å². The van der Waals surface area contributed by atoms with Crippen LogP contribution in [0.4, 0.5) is 0 Å². The van der Waals surface area contributed by atoms with E-state index in [0.29, 0.717) is 19.4 Å². The fourth-order valence-corrected chi connectivity index (χ4v) is 10.5. The normalized spacial score (nSPS) is 12.6. The van der Waals surface area contributed by atoms with Gasteiger partial charge in [0, 0.05) is 12.8 Å². The Morgan fingerprint density at radius 3 is 0.944 bits per heavy atom. The van der Waals surface area contributed by atoms with Crippen molar-refractivity contribution in [2.45, 2.75) is 386 Å². The molecular formula is C66H129NO5. The molecule has 1 amide bonds. The van der Waals surface area contributed by atoms with Crippen molar-refractivity contribution in [1.82, 2.24) is 5.32 Å². The van der Waals surface area contributed by atoms with Crippen molar-refractivity contribution in [1.29, 1.82) is 0 Å². The number of esters is 1. The maximum Gasteiger partial charge on any atom is 0.305 e. The van der Waals surface area contributed by atoms with E-state index in [9.17, 15) is 19.8 Å². The van der Waals surface area contributed by atoms with Gasteiger partial charge < -0.3 is 20.3 Å². The second-order valence-electron chi connectivity index (χ2n) is 22.8. The summed E-state index contributed by atoms with van der Waals surface area (Å²) >= 11 is 0. The van der Waals surface area contributed by atoms with Crippen LogP contribution in [-0.4, -0.2) is 47.4 Å². The van der Waals surface area contributed by atoms with Crippen molar-refractivity contribution in [3.63, 3.8) is 0 Å². The lowest BCUT2D eigenvalue weighted by molar-refractivity contribution is -0.143. The zero-order valence-electron chi connectivity index (χ0n) is 48.9. The molecule has 0 spiro atoms. The smallest absolute Gasteiger partial charge is 0.305 e. The number of hydrogen-bond acceptors (Lipinski definition) is 5. The molecule has 72 heavy (non-hydrogen) atoms. The molecule has 0 heterocycles. The second kappa shape index (κ2) is 62.1. The fourth-order valence-electron chi connectivity index (χ4n) is 10.5. The molecule has 6 heteroatoms. The first-order valence-corrected chi connectivity index (χ1v) is 33.0. The molecule has 0 rings (SSSR count). The molecule has 6 nitrogen and oxygen atoms in total. The van der Waals surface area contributed by atoms with Gasteiger partial charge in [-0.2, -0.15) is 0 Å². The second-order valence-corrected chi connectivity index (χ2v) is 22.8. The van der Waals surface area contributed by atoms with Gasteiger partial charge in [-0.1, -0.05) is 341 Å². The van der Waals surface area contributed by atoms with Crippen LogP contribution in [0.5, 0.6) is 0 Å². The standard InChI is InChI=1S/C66H129NO5/c1-3-5-7-9-11-13-15-40-44-48-52-56-60-66(71)72-61-57-53-49-45-41-38-36-34-32-30-28-26-24-22-20-18-16-17-19-21-23-25-27-29-31-33-35-37-39-43-47-51-55-59-65(70)67-63(62-68)64(69)58-54-50-46-42-14-12-10-8-6-4-2/h54,58,63-64,68-69H,3-53,55-57,59-62H2,1-2H3,(H,67,70)/b58-54+. The molecule has 0 saturated heterocycles. The molecule has 0 aliphatic rings. The maximum atomic E-state index is 12.4. The zero-order valence-corrected chi connectivity index (χ0v) is 48.9. The molecule has 2 unspecified atom stereocenters. The number of aliphatic hydroxyl groups excluding tert-OH is 2. The van der Waals surface area contributed by atoms with E-state index < -0.39 is 12.1 Å². The highest BCUT2D eigenvalue weighted by Gasteiger charge is 2.18. The Hall–Kier alpha value is -1.40. The Labute approximate surface area is 450 Å². The van der Waals surface area contributed by atoms with Gasteiger partial charge >= 0.3 is 5.97 Å². The SMILES string of the molecule is CCCCCCCCCC/C=C/C(O)C(CO)NC(=O)CCCCCCCCCCCCCCCCCCCCCCCCCCCCCCCCCCCOC(=O)CCCCCCCCCCCCCC. The molecule has 0 aliphatic heterocycles. The zero-order chi connectivity index (χ0) is 52.2. The summed E-state index contributed by atoms with van der Waals surface area (Å²) in [7, 11) is 0. The number of allylic oxidation sites excluding steroid dienone is 1. The van der Waals surface area contributed by atoms with Gasteiger partial charge in [-0.3, -0.25) is 9.59 Å². The van der Waals surface area contributed by atoms with Crippen LogP contribution < -0.4 is 5.32 Å². The number of aliphatic hydroxyl groups is 2. The van der Waals surface area contributed by atoms with Gasteiger partial charge in [0.25, 0.3) is 0 Å². The molecule has 0 aromatic carbocycles. The Kier molecular flexibility index (Phi) is 60.9. The van der Waals surface area contributed by atoms with Crippen LogP contribution in [0.1, 0.15) is 373 Å². The van der Waals surface area contributed by atoms with Crippen molar-refractivity contribution >= 4 is 11.9 Å². The van der Waals surface area contributed by atoms with E-state index in [4.69, 9.17) is 4.74 Å². The van der Waals surface area contributed by atoms with Crippen molar-refractivity contribution < 1.29 is 24.5 Å². The molecule has 428 valence electrons. The average molecular weight is 1020 g/mol. The first kappa shape index (κ1) is 70.6. The van der Waals surface area contributed by atoms with Gasteiger partial charge in [0.2, 0.25) is 5.91 Å². The molecule has 2 atom stereocenters. The number of rotatable bonds is 62. The largest absolute Gasteiger partial charge is 0.466 e. The molecule has 0 fully saturated rings. The number of carbonyl (C=O) groups excluding carboxylic acids is 2. The van der Waals surface area contributed by atoms with Gasteiger partial charge in [0.1, 0.15) is 0 Å². The number of ether oxygens (including phenoxy) is 1. The third kappa shape index (κ3) is 57.9. The van der Waals surface area contributed by atoms with Crippen LogP contribution in [0.3, 0.4) is 0 Å². The van der Waals surface area contributed by atoms with E-state index in [1.807, 2.05) is 6.08 Å². The summed E-state index contributed by atoms with van der Waals surface area (Å²) in [5.41, 5.74) is 0. The minimum absolute atomic E-state index is 0.0226. The Morgan fingerprint density at radius 2 is 0.639 bits per heavy atom. The number of nitrogens with one attached hydrogen (secondary N) is 1. The number of unbranched alkanes of at least 4 members (excludes halogenated alkanes) is 51. The first-order valence-electron chi connectivity index (χ1n) is 33.0. The van der Waals surface area contributed by atoms with E-state index in [-0.39, 0.29) is 18.5 Å². The predicted molar refractivity (Wildman–Crippen MR) is 315 cm³/mol. The van der Waals surface area contributed by atoms with E-state index in [1.54, 1.807) is 6.08 Å². The minimum atomic E-state index is -0.838. The molecule has 0 bridgehead atoms. The molecule has 0 aromatic rings. The van der Waals surface area contributed by atoms with Crippen LogP contribution in [0.15, 0.2) is 12.2 Å². The summed E-state index contributed by atoms with van der Waals surface area (Å²) in [5, 5.41) is 23.0. The summed E-state index contributed by atoms with van der Waals surface area (Å²) in [5.74, 6) is -0.0408. The van der Waals surface area contributed by atoms with Gasteiger partial charge in [0.15, 0.2) is 0 Å². The topological polar surface area (TPSA) is 95.9 Å². The van der Waals surface area contributed by atoms with E-state index in [0.717, 1.165) is 38.5 Å². The summed E-state index contributed by atoms with van der Waals surface area (Å²) in [4.78, 5) is 24.4. The highest BCUT2D eigenvalue weighted by Crippen LogP contribution is 2.19. The molecular weight excluding hydrogens is 887 g/mol. The van der Waals surface area contributed by atoms with Crippen molar-refractivity contribution in [2.24, 2.45) is 0 Å². The molecule has 3 N–H and O–H groups in total. The Bertz CT molecular complexity index is 1080. The molecule has 0 radical (unpaired) electrons. The Balaban J connectivity index is 3.29. The predicted octanol–water partition coefficient (Wildman–Crippen LogP) is 20.8. The van der Waals surface area contributed by atoms with Crippen LogP contribution in [0.2, 0.25) is 0 Å². The quantitative estimate of drug-likeness (QED) is 0.0320. The van der Waals surface area contributed by atoms with Crippen molar-refractivity contribution in [3.8, 4) is 0 Å². The van der Waals surface area contributed by atoms with E-state index >= 15 is 0 Å². The third-order valence-corrected chi connectivity index (χ3v) is 15.6. The monoisotopic (exact) mass is 1020 g/mol. The lowest BCUT2D eigenvalue weighted by atomic mass is 10.0. The highest BCUT2D eigenvalue weighted by molar-refractivity contribution is 5.76. The van der Waals surface area contributed by atoms with Crippen molar-refractivity contribution in [2.75, 3.05) is 13.2 Å². The van der Waals surface area contributed by atoms with Crippen LogP contribution in [0, 0.1) is 0 Å². The van der Waals surface area contributed by atoms with E-state index in [1.165, 1.54) is 308 Å². The average Bonchev–Trinajstić information content (AvgIpc) is 3.38. The summed E-state index contributed by atoms with van der Waals surface area (Å²) in [6, 6.07) is -0.621. The molecule has 0 aromatic heterocycles. The highest BCUT2D eigenvalue weighted by atomic mass is 16.5. The lowest BCUT2D eigenvalue weighted by Gasteiger charge is -2.20. The third-order valence-electron chi connectivity index (χ3n) is 15.6. The van der Waals surface area contributed by atoms with Crippen LogP contribution >= 0.6 is 0 Å². The summed E-state index contributed by atoms with van der Waals surface area (Å²) in [6.45, 7) is 4.91. The number of hydrogen-bond donors (Lipinski definition) is 3.